The Morgan fingerprint density at radius 1 is 1.36 bits per heavy atom. The maximum Gasteiger partial charge on any atom is 0.218 e. The molecule has 0 radical (unpaired) electrons. The summed E-state index contributed by atoms with van der Waals surface area (Å²) in [5, 5.41) is 3.35. The number of nitrogens with one attached hydrogen (secondary N) is 1. The number of rotatable bonds is 8. The fourth-order valence-electron chi connectivity index (χ4n) is 2.79. The number of aromatic nitrogens is 3. The lowest BCUT2D eigenvalue weighted by atomic mass is 10.0. The van der Waals surface area contributed by atoms with Gasteiger partial charge in [-0.2, -0.15) is 0 Å². The predicted octanol–water partition coefficient (Wildman–Crippen LogP) is 2.53. The van der Waals surface area contributed by atoms with Crippen molar-refractivity contribution in [3.8, 4) is 5.88 Å². The summed E-state index contributed by atoms with van der Waals surface area (Å²) in [5.41, 5.74) is 1.99. The Morgan fingerprint density at radius 2 is 2.28 bits per heavy atom. The Balaban J connectivity index is 1.77. The minimum atomic E-state index is 0.316. The van der Waals surface area contributed by atoms with Crippen molar-refractivity contribution in [1.29, 1.82) is 0 Å². The van der Waals surface area contributed by atoms with Crippen molar-refractivity contribution in [3.05, 3.63) is 41.5 Å². The van der Waals surface area contributed by atoms with Crippen LogP contribution in [-0.4, -0.2) is 41.9 Å². The highest BCUT2D eigenvalue weighted by Gasteiger charge is 2.20. The maximum atomic E-state index is 5.57. The van der Waals surface area contributed by atoms with Crippen molar-refractivity contribution < 1.29 is 14.2 Å². The minimum Gasteiger partial charge on any atom is -0.478 e. The highest BCUT2D eigenvalue weighted by atomic mass is 16.5. The average molecular weight is 344 g/mol. The molecule has 1 atom stereocenters. The molecule has 3 rings (SSSR count). The molecule has 2 aromatic rings. The lowest BCUT2D eigenvalue weighted by Crippen LogP contribution is -2.11. The standard InChI is InChI=1S/C18H24N4O3/c1-3-25-18-13(5-4-7-19-18)10-20-16-9-15(14-6-8-24-11-14)21-17(22-16)12-23-2/h4-5,7,9,14H,3,6,8,10-12H2,1-2H3,(H,20,21,22)/t14-/m0/s1. The summed E-state index contributed by atoms with van der Waals surface area (Å²) in [6.45, 7) is 4.98. The molecule has 0 aromatic carbocycles. The predicted molar refractivity (Wildman–Crippen MR) is 93.7 cm³/mol. The minimum absolute atomic E-state index is 0.316. The van der Waals surface area contributed by atoms with Crippen LogP contribution in [0.3, 0.4) is 0 Å². The molecule has 1 fully saturated rings. The van der Waals surface area contributed by atoms with E-state index in [-0.39, 0.29) is 0 Å². The number of hydrogen-bond donors (Lipinski definition) is 1. The summed E-state index contributed by atoms with van der Waals surface area (Å²) in [6, 6.07) is 5.89. The second-order valence-corrected chi connectivity index (χ2v) is 5.84. The Morgan fingerprint density at radius 3 is 3.04 bits per heavy atom. The fourth-order valence-corrected chi connectivity index (χ4v) is 2.79. The van der Waals surface area contributed by atoms with Crippen LogP contribution in [0.5, 0.6) is 5.88 Å². The summed E-state index contributed by atoms with van der Waals surface area (Å²) in [5.74, 6) is 2.41. The Hall–Kier alpha value is -2.25. The SMILES string of the molecule is CCOc1ncccc1CNc1cc([C@H]2CCOC2)nc(COC)n1. The van der Waals surface area contributed by atoms with Gasteiger partial charge in [0.15, 0.2) is 5.82 Å². The molecule has 1 N–H and O–H groups in total. The zero-order chi connectivity index (χ0) is 17.5. The van der Waals surface area contributed by atoms with Crippen molar-refractivity contribution in [1.82, 2.24) is 15.0 Å². The molecule has 0 spiro atoms. The Kier molecular flexibility index (Phi) is 6.14. The zero-order valence-corrected chi connectivity index (χ0v) is 14.7. The van der Waals surface area contributed by atoms with E-state index >= 15 is 0 Å². The van der Waals surface area contributed by atoms with Crippen LogP contribution in [0.4, 0.5) is 5.82 Å². The first-order chi connectivity index (χ1) is 12.3. The monoisotopic (exact) mass is 344 g/mol. The fraction of sp³-hybridized carbons (Fsp3) is 0.500. The molecule has 1 saturated heterocycles. The molecule has 3 heterocycles. The van der Waals surface area contributed by atoms with Gasteiger partial charge in [-0.1, -0.05) is 6.07 Å². The number of pyridine rings is 1. The van der Waals surface area contributed by atoms with E-state index in [4.69, 9.17) is 14.2 Å². The first-order valence-corrected chi connectivity index (χ1v) is 8.55. The van der Waals surface area contributed by atoms with E-state index in [1.54, 1.807) is 13.3 Å². The second-order valence-electron chi connectivity index (χ2n) is 5.84. The van der Waals surface area contributed by atoms with Gasteiger partial charge in [-0.15, -0.1) is 0 Å². The molecule has 0 unspecified atom stereocenters. The molecule has 7 nitrogen and oxygen atoms in total. The van der Waals surface area contributed by atoms with Crippen LogP contribution < -0.4 is 10.1 Å². The van der Waals surface area contributed by atoms with E-state index in [2.05, 4.69) is 20.3 Å². The van der Waals surface area contributed by atoms with Gasteiger partial charge in [0.2, 0.25) is 5.88 Å². The van der Waals surface area contributed by atoms with Gasteiger partial charge >= 0.3 is 0 Å². The normalized spacial score (nSPS) is 16.8. The molecule has 0 aliphatic carbocycles. The van der Waals surface area contributed by atoms with E-state index in [1.165, 1.54) is 0 Å². The number of hydrogen-bond acceptors (Lipinski definition) is 7. The topological polar surface area (TPSA) is 78.4 Å². The molecule has 1 aliphatic heterocycles. The highest BCUT2D eigenvalue weighted by Crippen LogP contribution is 2.25. The van der Waals surface area contributed by atoms with Crippen LogP contribution in [0.2, 0.25) is 0 Å². The van der Waals surface area contributed by atoms with Crippen molar-refractivity contribution in [3.63, 3.8) is 0 Å². The highest BCUT2D eigenvalue weighted by molar-refractivity contribution is 5.39. The van der Waals surface area contributed by atoms with Crippen LogP contribution in [0.1, 0.15) is 36.3 Å². The van der Waals surface area contributed by atoms with Crippen LogP contribution in [0.25, 0.3) is 0 Å². The second kappa shape index (κ2) is 8.73. The van der Waals surface area contributed by atoms with Gasteiger partial charge in [0, 0.05) is 44.0 Å². The molecule has 0 bridgehead atoms. The molecule has 134 valence electrons. The van der Waals surface area contributed by atoms with Crippen molar-refractivity contribution in [2.45, 2.75) is 32.4 Å². The summed E-state index contributed by atoms with van der Waals surface area (Å²) >= 11 is 0. The van der Waals surface area contributed by atoms with E-state index in [9.17, 15) is 0 Å². The number of anilines is 1. The lowest BCUT2D eigenvalue weighted by Gasteiger charge is -2.14. The van der Waals surface area contributed by atoms with Gasteiger partial charge in [0.25, 0.3) is 0 Å². The van der Waals surface area contributed by atoms with Crippen LogP contribution in [-0.2, 0) is 22.6 Å². The molecule has 25 heavy (non-hydrogen) atoms. The summed E-state index contributed by atoms with van der Waals surface area (Å²) in [7, 11) is 1.64. The number of nitrogens with zero attached hydrogens (tertiary/aromatic N) is 3. The molecular formula is C18H24N4O3. The third kappa shape index (κ3) is 4.64. The number of methoxy groups -OCH3 is 1. The maximum absolute atomic E-state index is 5.57. The van der Waals surface area contributed by atoms with E-state index in [1.807, 2.05) is 25.1 Å². The van der Waals surface area contributed by atoms with E-state index < -0.39 is 0 Å². The Bertz CT molecular complexity index is 690. The largest absolute Gasteiger partial charge is 0.478 e. The molecule has 2 aromatic heterocycles. The molecule has 7 heteroatoms. The summed E-state index contributed by atoms with van der Waals surface area (Å²) < 4.78 is 16.3. The van der Waals surface area contributed by atoms with Crippen LogP contribution in [0, 0.1) is 0 Å². The molecular weight excluding hydrogens is 320 g/mol. The van der Waals surface area contributed by atoms with Crippen molar-refractivity contribution in [2.24, 2.45) is 0 Å². The van der Waals surface area contributed by atoms with E-state index in [0.29, 0.717) is 44.0 Å². The third-order valence-corrected chi connectivity index (χ3v) is 4.00. The molecule has 0 saturated carbocycles. The van der Waals surface area contributed by atoms with Crippen LogP contribution >= 0.6 is 0 Å². The van der Waals surface area contributed by atoms with Gasteiger partial charge in [-0.3, -0.25) is 0 Å². The van der Waals surface area contributed by atoms with Gasteiger partial charge < -0.3 is 19.5 Å². The smallest absolute Gasteiger partial charge is 0.218 e. The van der Waals surface area contributed by atoms with Gasteiger partial charge in [-0.05, 0) is 19.4 Å². The Labute approximate surface area is 147 Å². The lowest BCUT2D eigenvalue weighted by molar-refractivity contribution is 0.177. The first-order valence-electron chi connectivity index (χ1n) is 8.55. The third-order valence-electron chi connectivity index (χ3n) is 4.00. The first kappa shape index (κ1) is 17.6. The van der Waals surface area contributed by atoms with Gasteiger partial charge in [-0.25, -0.2) is 15.0 Å². The molecule has 1 aliphatic rings. The van der Waals surface area contributed by atoms with Gasteiger partial charge in [0.1, 0.15) is 12.4 Å². The summed E-state index contributed by atoms with van der Waals surface area (Å²) in [6.07, 6.45) is 2.72. The van der Waals surface area contributed by atoms with Crippen molar-refractivity contribution in [2.75, 3.05) is 32.2 Å². The van der Waals surface area contributed by atoms with E-state index in [0.717, 1.165) is 30.1 Å². The summed E-state index contributed by atoms with van der Waals surface area (Å²) in [4.78, 5) is 13.4. The quantitative estimate of drug-likeness (QED) is 0.788. The van der Waals surface area contributed by atoms with Crippen molar-refractivity contribution >= 4 is 5.82 Å². The van der Waals surface area contributed by atoms with Gasteiger partial charge in [0.05, 0.1) is 18.9 Å². The average Bonchev–Trinajstić information content (AvgIpc) is 3.16. The molecule has 0 amide bonds. The zero-order valence-electron chi connectivity index (χ0n) is 14.7. The number of ether oxygens (including phenoxy) is 3. The van der Waals surface area contributed by atoms with Crippen LogP contribution in [0.15, 0.2) is 24.4 Å².